The molecule has 1 N–H and O–H groups in total. The SMILES string of the molecule is CCOC(=O)CCNC(=O)Cc1cccc(F)c1F. The van der Waals surface area contributed by atoms with Gasteiger partial charge in [-0.3, -0.25) is 9.59 Å². The van der Waals surface area contributed by atoms with Crippen LogP contribution in [0.2, 0.25) is 0 Å². The van der Waals surface area contributed by atoms with Gasteiger partial charge < -0.3 is 10.1 Å². The Morgan fingerprint density at radius 1 is 1.32 bits per heavy atom. The fourth-order valence-corrected chi connectivity index (χ4v) is 1.46. The fraction of sp³-hybridized carbons (Fsp3) is 0.385. The average molecular weight is 271 g/mol. The van der Waals surface area contributed by atoms with E-state index >= 15 is 0 Å². The largest absolute Gasteiger partial charge is 0.466 e. The van der Waals surface area contributed by atoms with Crippen LogP contribution in [0.4, 0.5) is 8.78 Å². The van der Waals surface area contributed by atoms with E-state index in [-0.39, 0.29) is 31.6 Å². The van der Waals surface area contributed by atoms with Crippen LogP contribution < -0.4 is 5.32 Å². The maximum absolute atomic E-state index is 13.3. The molecule has 0 fully saturated rings. The van der Waals surface area contributed by atoms with Crippen LogP contribution in [0.1, 0.15) is 18.9 Å². The highest BCUT2D eigenvalue weighted by molar-refractivity contribution is 5.79. The molecule has 0 saturated carbocycles. The lowest BCUT2D eigenvalue weighted by Crippen LogP contribution is -2.28. The van der Waals surface area contributed by atoms with E-state index in [0.29, 0.717) is 0 Å². The first-order valence-corrected chi connectivity index (χ1v) is 5.89. The average Bonchev–Trinajstić information content (AvgIpc) is 2.35. The molecule has 0 spiro atoms. The number of rotatable bonds is 6. The van der Waals surface area contributed by atoms with Gasteiger partial charge >= 0.3 is 5.97 Å². The Morgan fingerprint density at radius 3 is 2.74 bits per heavy atom. The zero-order valence-electron chi connectivity index (χ0n) is 10.5. The molecule has 1 aromatic carbocycles. The summed E-state index contributed by atoms with van der Waals surface area (Å²) in [7, 11) is 0. The van der Waals surface area contributed by atoms with Crippen LogP contribution in [0.25, 0.3) is 0 Å². The van der Waals surface area contributed by atoms with Gasteiger partial charge in [-0.1, -0.05) is 12.1 Å². The van der Waals surface area contributed by atoms with Crippen LogP contribution in [0.15, 0.2) is 18.2 Å². The fourth-order valence-electron chi connectivity index (χ4n) is 1.46. The van der Waals surface area contributed by atoms with Gasteiger partial charge in [0.1, 0.15) is 0 Å². The van der Waals surface area contributed by atoms with Crippen molar-refractivity contribution in [2.45, 2.75) is 19.8 Å². The molecule has 0 unspecified atom stereocenters. The predicted octanol–water partition coefficient (Wildman–Crippen LogP) is 1.58. The number of halogens is 2. The second-order valence-corrected chi connectivity index (χ2v) is 3.79. The van der Waals surface area contributed by atoms with Gasteiger partial charge in [0.15, 0.2) is 11.6 Å². The summed E-state index contributed by atoms with van der Waals surface area (Å²) in [4.78, 5) is 22.5. The van der Waals surface area contributed by atoms with Crippen LogP contribution in [0.5, 0.6) is 0 Å². The molecule has 1 rings (SSSR count). The lowest BCUT2D eigenvalue weighted by atomic mass is 10.1. The quantitative estimate of drug-likeness (QED) is 0.799. The Kier molecular flexibility index (Phi) is 5.92. The van der Waals surface area contributed by atoms with Gasteiger partial charge in [-0.05, 0) is 13.0 Å². The van der Waals surface area contributed by atoms with Crippen molar-refractivity contribution in [3.8, 4) is 0 Å². The summed E-state index contributed by atoms with van der Waals surface area (Å²) in [6.45, 7) is 2.07. The van der Waals surface area contributed by atoms with Crippen LogP contribution in [0.3, 0.4) is 0 Å². The predicted molar refractivity (Wildman–Crippen MR) is 64.3 cm³/mol. The summed E-state index contributed by atoms with van der Waals surface area (Å²) >= 11 is 0. The minimum atomic E-state index is -1.02. The van der Waals surface area contributed by atoms with Gasteiger partial charge in [0.2, 0.25) is 5.91 Å². The Labute approximate surface area is 109 Å². The molecule has 0 bridgehead atoms. The number of ether oxygens (including phenoxy) is 1. The van der Waals surface area contributed by atoms with E-state index in [1.807, 2.05) is 0 Å². The zero-order valence-corrected chi connectivity index (χ0v) is 10.5. The highest BCUT2D eigenvalue weighted by atomic mass is 19.2. The van der Waals surface area contributed by atoms with Crippen molar-refractivity contribution in [1.29, 1.82) is 0 Å². The van der Waals surface area contributed by atoms with E-state index in [2.05, 4.69) is 10.1 Å². The van der Waals surface area contributed by atoms with E-state index in [9.17, 15) is 18.4 Å². The maximum Gasteiger partial charge on any atom is 0.307 e. The summed E-state index contributed by atoms with van der Waals surface area (Å²) in [6.07, 6.45) is -0.225. The summed E-state index contributed by atoms with van der Waals surface area (Å²) in [5.41, 5.74) is -0.0198. The number of carbonyl (C=O) groups is 2. The van der Waals surface area contributed by atoms with Crippen LogP contribution in [-0.4, -0.2) is 25.0 Å². The van der Waals surface area contributed by atoms with Gasteiger partial charge in [0.05, 0.1) is 19.4 Å². The van der Waals surface area contributed by atoms with Gasteiger partial charge in [0, 0.05) is 12.1 Å². The summed E-state index contributed by atoms with van der Waals surface area (Å²) < 4.78 is 30.9. The molecule has 0 atom stereocenters. The minimum Gasteiger partial charge on any atom is -0.466 e. The van der Waals surface area contributed by atoms with Crippen molar-refractivity contribution >= 4 is 11.9 Å². The minimum absolute atomic E-state index is 0.0198. The molecule has 4 nitrogen and oxygen atoms in total. The Bertz CT molecular complexity index is 463. The first-order chi connectivity index (χ1) is 9.04. The Morgan fingerprint density at radius 2 is 2.05 bits per heavy atom. The van der Waals surface area contributed by atoms with Crippen molar-refractivity contribution < 1.29 is 23.1 Å². The molecule has 104 valence electrons. The van der Waals surface area contributed by atoms with Crippen molar-refractivity contribution in [3.05, 3.63) is 35.4 Å². The second kappa shape index (κ2) is 7.45. The lowest BCUT2D eigenvalue weighted by molar-refractivity contribution is -0.143. The highest BCUT2D eigenvalue weighted by Crippen LogP contribution is 2.11. The van der Waals surface area contributed by atoms with Gasteiger partial charge in [-0.2, -0.15) is 0 Å². The number of esters is 1. The van der Waals surface area contributed by atoms with E-state index in [1.165, 1.54) is 12.1 Å². The first-order valence-electron chi connectivity index (χ1n) is 5.89. The maximum atomic E-state index is 13.3. The molecule has 6 heteroatoms. The number of carbonyl (C=O) groups excluding carboxylic acids is 2. The molecule has 0 saturated heterocycles. The molecule has 0 aliphatic carbocycles. The number of benzene rings is 1. The van der Waals surface area contributed by atoms with Crippen molar-refractivity contribution in [2.24, 2.45) is 0 Å². The van der Waals surface area contributed by atoms with Gasteiger partial charge in [-0.25, -0.2) is 8.78 Å². The van der Waals surface area contributed by atoms with Crippen molar-refractivity contribution in [2.75, 3.05) is 13.2 Å². The van der Waals surface area contributed by atoms with Crippen molar-refractivity contribution in [3.63, 3.8) is 0 Å². The number of nitrogens with one attached hydrogen (secondary N) is 1. The zero-order chi connectivity index (χ0) is 14.3. The van der Waals surface area contributed by atoms with Crippen LogP contribution in [0, 0.1) is 11.6 Å². The second-order valence-electron chi connectivity index (χ2n) is 3.79. The summed E-state index contributed by atoms with van der Waals surface area (Å²) in [5.74, 6) is -2.91. The monoisotopic (exact) mass is 271 g/mol. The number of hydrogen-bond acceptors (Lipinski definition) is 3. The molecule has 0 aliphatic heterocycles. The first kappa shape index (κ1) is 15.1. The Balaban J connectivity index is 2.39. The van der Waals surface area contributed by atoms with E-state index in [0.717, 1.165) is 6.07 Å². The van der Waals surface area contributed by atoms with Gasteiger partial charge in [-0.15, -0.1) is 0 Å². The summed E-state index contributed by atoms with van der Waals surface area (Å²) in [5, 5.41) is 2.44. The van der Waals surface area contributed by atoms with Crippen molar-refractivity contribution in [1.82, 2.24) is 5.32 Å². The topological polar surface area (TPSA) is 55.4 Å². The Hall–Kier alpha value is -1.98. The van der Waals surface area contributed by atoms with E-state index in [4.69, 9.17) is 0 Å². The third-order valence-electron chi connectivity index (χ3n) is 2.34. The van der Waals surface area contributed by atoms with Crippen LogP contribution >= 0.6 is 0 Å². The highest BCUT2D eigenvalue weighted by Gasteiger charge is 2.11. The summed E-state index contributed by atoms with van der Waals surface area (Å²) in [6, 6.07) is 3.65. The third kappa shape index (κ3) is 5.03. The molecular formula is C13H15F2NO3. The molecule has 19 heavy (non-hydrogen) atoms. The van der Waals surface area contributed by atoms with E-state index < -0.39 is 23.5 Å². The molecule has 0 aliphatic rings. The molecular weight excluding hydrogens is 256 g/mol. The molecule has 1 aromatic rings. The third-order valence-corrected chi connectivity index (χ3v) is 2.34. The molecule has 0 aromatic heterocycles. The van der Waals surface area contributed by atoms with Crippen LogP contribution in [-0.2, 0) is 20.7 Å². The lowest BCUT2D eigenvalue weighted by Gasteiger charge is -2.06. The normalized spacial score (nSPS) is 10.1. The molecule has 1 amide bonds. The van der Waals surface area contributed by atoms with Gasteiger partial charge in [0.25, 0.3) is 0 Å². The standard InChI is InChI=1S/C13H15F2NO3/c1-2-19-12(18)6-7-16-11(17)8-9-4-3-5-10(14)13(9)15/h3-5H,2,6-8H2,1H3,(H,16,17). The number of hydrogen-bond donors (Lipinski definition) is 1. The molecule has 0 heterocycles. The smallest absolute Gasteiger partial charge is 0.307 e. The molecule has 0 radical (unpaired) electrons. The number of amides is 1. The van der Waals surface area contributed by atoms with E-state index in [1.54, 1.807) is 6.92 Å².